The third kappa shape index (κ3) is 4.90. The summed E-state index contributed by atoms with van der Waals surface area (Å²) in [5, 5.41) is 0. The van der Waals surface area contributed by atoms with Crippen molar-refractivity contribution in [2.24, 2.45) is 11.7 Å². The van der Waals surface area contributed by atoms with Gasteiger partial charge in [-0.3, -0.25) is 4.79 Å². The fourth-order valence-corrected chi connectivity index (χ4v) is 3.40. The van der Waals surface area contributed by atoms with Crippen molar-refractivity contribution in [3.8, 4) is 0 Å². The molecule has 1 unspecified atom stereocenters. The molecule has 0 aromatic heterocycles. The number of carbonyl (C=O) groups is 1. The molecule has 1 saturated heterocycles. The zero-order valence-electron chi connectivity index (χ0n) is 12.7. The second-order valence-electron chi connectivity index (χ2n) is 6.11. The first-order chi connectivity index (χ1) is 9.20. The van der Waals surface area contributed by atoms with Crippen LogP contribution < -0.4 is 5.73 Å². The van der Waals surface area contributed by atoms with E-state index in [0.717, 1.165) is 39.1 Å². The highest BCUT2D eigenvalue weighted by molar-refractivity contribution is 5.85. The Morgan fingerprint density at radius 1 is 1.15 bits per heavy atom. The molecule has 0 spiro atoms. The van der Waals surface area contributed by atoms with Gasteiger partial charge in [0.15, 0.2) is 0 Å². The summed E-state index contributed by atoms with van der Waals surface area (Å²) < 4.78 is 0. The van der Waals surface area contributed by atoms with Crippen molar-refractivity contribution in [2.75, 3.05) is 32.7 Å². The molecule has 0 bridgehead atoms. The van der Waals surface area contributed by atoms with Gasteiger partial charge in [-0.2, -0.15) is 0 Å². The van der Waals surface area contributed by atoms with E-state index in [2.05, 4.69) is 11.8 Å². The Bertz CT molecular complexity index is 287. The molecule has 5 heteroatoms. The summed E-state index contributed by atoms with van der Waals surface area (Å²) in [6, 6.07) is -0.267. The molecule has 1 saturated carbocycles. The zero-order valence-corrected chi connectivity index (χ0v) is 13.5. The van der Waals surface area contributed by atoms with E-state index in [4.69, 9.17) is 5.73 Å². The van der Waals surface area contributed by atoms with Crippen LogP contribution >= 0.6 is 12.4 Å². The smallest absolute Gasteiger partial charge is 0.239 e. The Labute approximate surface area is 129 Å². The Morgan fingerprint density at radius 3 is 2.30 bits per heavy atom. The molecule has 1 aliphatic heterocycles. The van der Waals surface area contributed by atoms with Gasteiger partial charge in [0, 0.05) is 26.2 Å². The summed E-state index contributed by atoms with van der Waals surface area (Å²) in [7, 11) is 0. The fourth-order valence-electron chi connectivity index (χ4n) is 3.40. The summed E-state index contributed by atoms with van der Waals surface area (Å²) in [5.41, 5.74) is 6.14. The molecule has 0 aromatic rings. The van der Waals surface area contributed by atoms with E-state index < -0.39 is 0 Å². The topological polar surface area (TPSA) is 49.6 Å². The van der Waals surface area contributed by atoms with Crippen LogP contribution in [0, 0.1) is 5.92 Å². The Kier molecular flexibility index (Phi) is 7.85. The average Bonchev–Trinajstić information content (AvgIpc) is 2.47. The molecule has 0 aromatic carbocycles. The van der Waals surface area contributed by atoms with Crippen molar-refractivity contribution in [2.45, 2.75) is 51.5 Å². The van der Waals surface area contributed by atoms with Gasteiger partial charge in [0.2, 0.25) is 5.91 Å². The molecule has 2 rings (SSSR count). The number of nitrogens with two attached hydrogens (primary N) is 1. The van der Waals surface area contributed by atoms with Crippen LogP contribution in [0.15, 0.2) is 0 Å². The normalized spacial score (nSPS) is 23.2. The number of amides is 1. The maximum Gasteiger partial charge on any atom is 0.239 e. The SMILES string of the molecule is CCN1CCN(C(=O)C(N)CC2CCCCC2)CC1.Cl. The average molecular weight is 304 g/mol. The molecule has 1 amide bonds. The molecule has 2 aliphatic rings. The van der Waals surface area contributed by atoms with Crippen LogP contribution in [-0.4, -0.2) is 54.5 Å². The van der Waals surface area contributed by atoms with E-state index in [1.807, 2.05) is 4.90 Å². The standard InChI is InChI=1S/C15H29N3O.ClH/c1-2-17-8-10-18(11-9-17)15(19)14(16)12-13-6-4-3-5-7-13;/h13-14H,2-12,16H2,1H3;1H. The number of likely N-dealkylation sites (N-methyl/N-ethyl adjacent to an activating group) is 1. The van der Waals surface area contributed by atoms with Crippen LogP contribution in [-0.2, 0) is 4.79 Å². The quantitative estimate of drug-likeness (QED) is 0.862. The maximum absolute atomic E-state index is 12.3. The van der Waals surface area contributed by atoms with E-state index in [-0.39, 0.29) is 24.4 Å². The Hall–Kier alpha value is -0.320. The van der Waals surface area contributed by atoms with Gasteiger partial charge in [-0.25, -0.2) is 0 Å². The van der Waals surface area contributed by atoms with E-state index in [0.29, 0.717) is 5.92 Å². The lowest BCUT2D eigenvalue weighted by molar-refractivity contribution is -0.134. The first-order valence-corrected chi connectivity index (χ1v) is 7.97. The second-order valence-corrected chi connectivity index (χ2v) is 6.11. The third-order valence-corrected chi connectivity index (χ3v) is 4.76. The number of nitrogens with zero attached hydrogens (tertiary/aromatic N) is 2. The highest BCUT2D eigenvalue weighted by Gasteiger charge is 2.27. The molecule has 2 fully saturated rings. The summed E-state index contributed by atoms with van der Waals surface area (Å²) in [5.74, 6) is 0.867. The fraction of sp³-hybridized carbons (Fsp3) is 0.933. The first-order valence-electron chi connectivity index (χ1n) is 7.97. The van der Waals surface area contributed by atoms with Crippen LogP contribution in [0.2, 0.25) is 0 Å². The second kappa shape index (κ2) is 8.85. The van der Waals surface area contributed by atoms with Gasteiger partial charge in [-0.15, -0.1) is 12.4 Å². The monoisotopic (exact) mass is 303 g/mol. The minimum atomic E-state index is -0.267. The highest BCUT2D eigenvalue weighted by atomic mass is 35.5. The van der Waals surface area contributed by atoms with E-state index >= 15 is 0 Å². The molecular formula is C15H30ClN3O. The summed E-state index contributed by atoms with van der Waals surface area (Å²) in [6.45, 7) is 6.95. The molecule has 118 valence electrons. The maximum atomic E-state index is 12.3. The summed E-state index contributed by atoms with van der Waals surface area (Å²) >= 11 is 0. The number of piperazine rings is 1. The van der Waals surface area contributed by atoms with Crippen molar-refractivity contribution in [3.63, 3.8) is 0 Å². The van der Waals surface area contributed by atoms with E-state index in [1.165, 1.54) is 32.1 Å². The molecular weight excluding hydrogens is 274 g/mol. The Balaban J connectivity index is 0.00000200. The summed E-state index contributed by atoms with van der Waals surface area (Å²) in [4.78, 5) is 16.7. The number of hydrogen-bond donors (Lipinski definition) is 1. The van der Waals surface area contributed by atoms with Crippen LogP contribution in [0.25, 0.3) is 0 Å². The molecule has 1 heterocycles. The Morgan fingerprint density at radius 2 is 1.75 bits per heavy atom. The molecule has 1 aliphatic carbocycles. The van der Waals surface area contributed by atoms with Crippen molar-refractivity contribution in [1.29, 1.82) is 0 Å². The van der Waals surface area contributed by atoms with Gasteiger partial charge in [0.1, 0.15) is 0 Å². The molecule has 0 radical (unpaired) electrons. The van der Waals surface area contributed by atoms with Gasteiger partial charge in [0.25, 0.3) is 0 Å². The van der Waals surface area contributed by atoms with Crippen molar-refractivity contribution in [1.82, 2.24) is 9.80 Å². The lowest BCUT2D eigenvalue weighted by Crippen LogP contribution is -2.53. The highest BCUT2D eigenvalue weighted by Crippen LogP contribution is 2.27. The largest absolute Gasteiger partial charge is 0.339 e. The van der Waals surface area contributed by atoms with Crippen molar-refractivity contribution < 1.29 is 4.79 Å². The van der Waals surface area contributed by atoms with Crippen molar-refractivity contribution >= 4 is 18.3 Å². The minimum absolute atomic E-state index is 0. The zero-order chi connectivity index (χ0) is 13.7. The first kappa shape index (κ1) is 17.7. The van der Waals surface area contributed by atoms with Crippen molar-refractivity contribution in [3.05, 3.63) is 0 Å². The number of halogens is 1. The molecule has 1 atom stereocenters. The van der Waals surface area contributed by atoms with Gasteiger partial charge in [0.05, 0.1) is 6.04 Å². The molecule has 20 heavy (non-hydrogen) atoms. The van der Waals surface area contributed by atoms with Gasteiger partial charge in [-0.1, -0.05) is 39.0 Å². The summed E-state index contributed by atoms with van der Waals surface area (Å²) in [6.07, 6.45) is 7.43. The number of hydrogen-bond acceptors (Lipinski definition) is 3. The van der Waals surface area contributed by atoms with Gasteiger partial charge < -0.3 is 15.5 Å². The van der Waals surface area contributed by atoms with Crippen LogP contribution in [0.1, 0.15) is 45.4 Å². The van der Waals surface area contributed by atoms with Crippen LogP contribution in [0.5, 0.6) is 0 Å². The third-order valence-electron chi connectivity index (χ3n) is 4.76. The predicted molar refractivity (Wildman–Crippen MR) is 85.1 cm³/mol. The number of rotatable bonds is 4. The van der Waals surface area contributed by atoms with E-state index in [9.17, 15) is 4.79 Å². The van der Waals surface area contributed by atoms with Gasteiger partial charge >= 0.3 is 0 Å². The van der Waals surface area contributed by atoms with Crippen LogP contribution in [0.4, 0.5) is 0 Å². The molecule has 2 N–H and O–H groups in total. The van der Waals surface area contributed by atoms with E-state index in [1.54, 1.807) is 0 Å². The molecule has 4 nitrogen and oxygen atoms in total. The van der Waals surface area contributed by atoms with Gasteiger partial charge in [-0.05, 0) is 18.9 Å². The number of carbonyl (C=O) groups excluding carboxylic acids is 1. The van der Waals surface area contributed by atoms with Crippen LogP contribution in [0.3, 0.4) is 0 Å². The lowest BCUT2D eigenvalue weighted by Gasteiger charge is -2.36. The lowest BCUT2D eigenvalue weighted by atomic mass is 9.84. The predicted octanol–water partition coefficient (Wildman–Crippen LogP) is 1.87. The minimum Gasteiger partial charge on any atom is -0.339 e.